The minimum absolute atomic E-state index is 0.00878. The van der Waals surface area contributed by atoms with E-state index in [0.717, 1.165) is 0 Å². The van der Waals surface area contributed by atoms with E-state index >= 15 is 0 Å². The summed E-state index contributed by atoms with van der Waals surface area (Å²) < 4.78 is 26.6. The molecule has 1 fully saturated rings. The van der Waals surface area contributed by atoms with Crippen LogP contribution in [0.4, 0.5) is 0 Å². The third-order valence-electron chi connectivity index (χ3n) is 4.24. The van der Waals surface area contributed by atoms with Gasteiger partial charge < -0.3 is 15.3 Å². The number of hydrogen-bond acceptors (Lipinski definition) is 5. The van der Waals surface area contributed by atoms with Crippen molar-refractivity contribution >= 4 is 27.8 Å². The van der Waals surface area contributed by atoms with Crippen LogP contribution in [0.3, 0.4) is 0 Å². The van der Waals surface area contributed by atoms with E-state index in [4.69, 9.17) is 5.11 Å². The van der Waals surface area contributed by atoms with E-state index in [1.165, 1.54) is 33.5 Å². The van der Waals surface area contributed by atoms with Crippen molar-refractivity contribution in [3.05, 3.63) is 29.8 Å². The Kier molecular flexibility index (Phi) is 6.92. The van der Waals surface area contributed by atoms with E-state index in [1.54, 1.807) is 0 Å². The Balaban J connectivity index is 1.93. The summed E-state index contributed by atoms with van der Waals surface area (Å²) >= 11 is 0. The fourth-order valence-electron chi connectivity index (χ4n) is 2.70. The molecule has 0 saturated carbocycles. The number of sulfonamides is 1. The molecule has 148 valence electrons. The Labute approximate surface area is 158 Å². The summed E-state index contributed by atoms with van der Waals surface area (Å²) in [6.45, 7) is 2.51. The molecule has 0 aromatic heterocycles. The zero-order chi connectivity index (χ0) is 20.0. The first kappa shape index (κ1) is 20.8. The number of nitrogens with one attached hydrogen (secondary N) is 1. The van der Waals surface area contributed by atoms with E-state index in [-0.39, 0.29) is 55.0 Å². The summed E-state index contributed by atoms with van der Waals surface area (Å²) in [6.07, 6.45) is 1.06. The van der Waals surface area contributed by atoms with Gasteiger partial charge in [-0.1, -0.05) is 6.92 Å². The zero-order valence-corrected chi connectivity index (χ0v) is 15.9. The number of amides is 2. The Bertz CT molecular complexity index is 798. The Morgan fingerprint density at radius 2 is 1.67 bits per heavy atom. The number of carbonyl (C=O) groups excluding carboxylic acids is 2. The van der Waals surface area contributed by atoms with Crippen LogP contribution in [-0.4, -0.2) is 73.2 Å². The second kappa shape index (κ2) is 8.96. The molecule has 2 N–H and O–H groups in total. The summed E-state index contributed by atoms with van der Waals surface area (Å²) in [5, 5.41) is 11.4. The number of benzene rings is 1. The highest BCUT2D eigenvalue weighted by Crippen LogP contribution is 2.18. The fourth-order valence-corrected chi connectivity index (χ4v) is 4.12. The van der Waals surface area contributed by atoms with Crippen molar-refractivity contribution in [2.75, 3.05) is 32.7 Å². The van der Waals surface area contributed by atoms with Gasteiger partial charge in [0, 0.05) is 32.6 Å². The smallest absolute Gasteiger partial charge is 0.335 e. The van der Waals surface area contributed by atoms with Crippen molar-refractivity contribution in [3.8, 4) is 0 Å². The first-order chi connectivity index (χ1) is 12.8. The van der Waals surface area contributed by atoms with Gasteiger partial charge in [-0.3, -0.25) is 9.59 Å². The highest BCUT2D eigenvalue weighted by atomic mass is 32.2. The van der Waals surface area contributed by atoms with Crippen molar-refractivity contribution in [1.29, 1.82) is 0 Å². The molecule has 0 aliphatic carbocycles. The molecule has 0 unspecified atom stereocenters. The van der Waals surface area contributed by atoms with Crippen LogP contribution in [0, 0.1) is 0 Å². The molecule has 0 radical (unpaired) electrons. The van der Waals surface area contributed by atoms with Crippen molar-refractivity contribution in [1.82, 2.24) is 14.5 Å². The summed E-state index contributed by atoms with van der Waals surface area (Å²) in [5.74, 6) is -1.56. The molecule has 9 nitrogen and oxygen atoms in total. The first-order valence-corrected chi connectivity index (χ1v) is 10.1. The molecular weight excluding hydrogens is 374 g/mol. The number of rotatable bonds is 7. The standard InChI is InChI=1S/C17H23N3O6S/c1-2-3-15(21)18-12-16(22)19-8-10-20(11-9-19)27(25,26)14-6-4-13(5-7-14)17(23)24/h4-7H,2-3,8-12H2,1H3,(H,18,21)(H,23,24). The Hall–Kier alpha value is -2.46. The molecule has 1 aliphatic rings. The van der Waals surface area contributed by atoms with E-state index < -0.39 is 16.0 Å². The number of hydrogen-bond donors (Lipinski definition) is 2. The molecule has 1 aromatic rings. The third-order valence-corrected chi connectivity index (χ3v) is 6.16. The average Bonchev–Trinajstić information content (AvgIpc) is 2.66. The van der Waals surface area contributed by atoms with Gasteiger partial charge in [0.25, 0.3) is 0 Å². The summed E-state index contributed by atoms with van der Waals surface area (Å²) in [4.78, 5) is 36.0. The van der Waals surface area contributed by atoms with Crippen LogP contribution in [0.25, 0.3) is 0 Å². The van der Waals surface area contributed by atoms with Crippen LogP contribution < -0.4 is 5.32 Å². The quantitative estimate of drug-likeness (QED) is 0.674. The molecule has 10 heteroatoms. The van der Waals surface area contributed by atoms with Gasteiger partial charge >= 0.3 is 5.97 Å². The van der Waals surface area contributed by atoms with Crippen molar-refractivity contribution in [2.45, 2.75) is 24.7 Å². The lowest BCUT2D eigenvalue weighted by Crippen LogP contribution is -2.52. The molecule has 2 rings (SSSR count). The topological polar surface area (TPSA) is 124 Å². The highest BCUT2D eigenvalue weighted by Gasteiger charge is 2.30. The van der Waals surface area contributed by atoms with Gasteiger partial charge in [0.2, 0.25) is 21.8 Å². The summed E-state index contributed by atoms with van der Waals surface area (Å²) in [7, 11) is -3.75. The van der Waals surface area contributed by atoms with Crippen molar-refractivity contribution in [3.63, 3.8) is 0 Å². The number of nitrogens with zero attached hydrogens (tertiary/aromatic N) is 2. The summed E-state index contributed by atoms with van der Waals surface area (Å²) in [6, 6.07) is 5.01. The minimum Gasteiger partial charge on any atom is -0.478 e. The molecule has 0 bridgehead atoms. The maximum Gasteiger partial charge on any atom is 0.335 e. The SMILES string of the molecule is CCCC(=O)NCC(=O)N1CCN(S(=O)(=O)c2ccc(C(=O)O)cc2)CC1. The van der Waals surface area contributed by atoms with E-state index in [9.17, 15) is 22.8 Å². The molecule has 1 saturated heterocycles. The average molecular weight is 397 g/mol. The minimum atomic E-state index is -3.75. The molecule has 0 atom stereocenters. The lowest BCUT2D eigenvalue weighted by molar-refractivity contribution is -0.133. The van der Waals surface area contributed by atoms with E-state index in [1.807, 2.05) is 6.92 Å². The predicted molar refractivity (Wildman–Crippen MR) is 96.7 cm³/mol. The van der Waals surface area contributed by atoms with E-state index in [0.29, 0.717) is 12.8 Å². The fraction of sp³-hybridized carbons (Fsp3) is 0.471. The molecule has 2 amide bonds. The van der Waals surface area contributed by atoms with Crippen LogP contribution in [-0.2, 0) is 19.6 Å². The molecule has 0 spiro atoms. The van der Waals surface area contributed by atoms with Crippen LogP contribution in [0.5, 0.6) is 0 Å². The highest BCUT2D eigenvalue weighted by molar-refractivity contribution is 7.89. The Morgan fingerprint density at radius 1 is 1.07 bits per heavy atom. The van der Waals surface area contributed by atoms with Crippen molar-refractivity contribution < 1.29 is 27.9 Å². The number of carbonyl (C=O) groups is 3. The Morgan fingerprint density at radius 3 is 2.19 bits per heavy atom. The van der Waals surface area contributed by atoms with Gasteiger partial charge in [-0.25, -0.2) is 13.2 Å². The van der Waals surface area contributed by atoms with Gasteiger partial charge in [-0.2, -0.15) is 4.31 Å². The lowest BCUT2D eigenvalue weighted by Gasteiger charge is -2.34. The third kappa shape index (κ3) is 5.27. The van der Waals surface area contributed by atoms with Gasteiger partial charge in [0.1, 0.15) is 0 Å². The van der Waals surface area contributed by atoms with Crippen LogP contribution in [0.1, 0.15) is 30.1 Å². The van der Waals surface area contributed by atoms with Crippen LogP contribution in [0.15, 0.2) is 29.2 Å². The maximum atomic E-state index is 12.6. The molecule has 1 heterocycles. The molecule has 1 aliphatic heterocycles. The second-order valence-electron chi connectivity index (χ2n) is 6.14. The number of carboxylic acids is 1. The lowest BCUT2D eigenvalue weighted by atomic mass is 10.2. The van der Waals surface area contributed by atoms with Gasteiger partial charge in [0.05, 0.1) is 17.0 Å². The van der Waals surface area contributed by atoms with Gasteiger partial charge in [0.15, 0.2) is 0 Å². The predicted octanol–water partition coefficient (Wildman–Crippen LogP) is 0.134. The van der Waals surface area contributed by atoms with Crippen LogP contribution in [0.2, 0.25) is 0 Å². The second-order valence-corrected chi connectivity index (χ2v) is 8.08. The molecule has 1 aromatic carbocycles. The summed E-state index contributed by atoms with van der Waals surface area (Å²) in [5.41, 5.74) is 0.00878. The maximum absolute atomic E-state index is 12.6. The number of piperazine rings is 1. The first-order valence-electron chi connectivity index (χ1n) is 8.63. The van der Waals surface area contributed by atoms with Crippen molar-refractivity contribution in [2.24, 2.45) is 0 Å². The number of aromatic carboxylic acids is 1. The molecule has 27 heavy (non-hydrogen) atoms. The normalized spacial score (nSPS) is 15.4. The largest absolute Gasteiger partial charge is 0.478 e. The van der Waals surface area contributed by atoms with E-state index in [2.05, 4.69) is 5.32 Å². The molecular formula is C17H23N3O6S. The monoisotopic (exact) mass is 397 g/mol. The van der Waals surface area contributed by atoms with Gasteiger partial charge in [-0.05, 0) is 30.7 Å². The van der Waals surface area contributed by atoms with Gasteiger partial charge in [-0.15, -0.1) is 0 Å². The van der Waals surface area contributed by atoms with Crippen LogP contribution >= 0.6 is 0 Å². The number of carboxylic acid groups (broad SMARTS) is 1. The zero-order valence-electron chi connectivity index (χ0n) is 15.1.